The molecule has 2 aromatic heterocycles. The molecule has 2 aliphatic rings. The van der Waals surface area contributed by atoms with Crippen LogP contribution in [0.5, 0.6) is 0 Å². The molecule has 0 spiro atoms. The minimum absolute atomic E-state index is 0.0679. The summed E-state index contributed by atoms with van der Waals surface area (Å²) >= 11 is 0. The minimum Gasteiger partial charge on any atom is -0.355 e. The van der Waals surface area contributed by atoms with Gasteiger partial charge >= 0.3 is 0 Å². The van der Waals surface area contributed by atoms with Crippen molar-refractivity contribution in [2.75, 3.05) is 18.0 Å². The molecule has 0 bridgehead atoms. The molecule has 1 atom stereocenters. The number of hydrogen-bond donors (Lipinski definition) is 1. The zero-order chi connectivity index (χ0) is 18.1. The van der Waals surface area contributed by atoms with Gasteiger partial charge in [-0.25, -0.2) is 8.78 Å². The van der Waals surface area contributed by atoms with E-state index in [0.717, 1.165) is 5.82 Å². The van der Waals surface area contributed by atoms with E-state index in [2.05, 4.69) is 25.5 Å². The first-order chi connectivity index (χ1) is 12.5. The molecule has 2 aromatic rings. The van der Waals surface area contributed by atoms with E-state index in [-0.39, 0.29) is 24.7 Å². The van der Waals surface area contributed by atoms with Gasteiger partial charge in [0.1, 0.15) is 12.1 Å². The fourth-order valence-corrected chi connectivity index (χ4v) is 3.87. The molecule has 3 heterocycles. The van der Waals surface area contributed by atoms with Crippen molar-refractivity contribution in [2.24, 2.45) is 5.92 Å². The lowest BCUT2D eigenvalue weighted by atomic mass is 9.90. The van der Waals surface area contributed by atoms with Crippen LogP contribution >= 0.6 is 0 Å². The van der Waals surface area contributed by atoms with Crippen molar-refractivity contribution in [3.05, 3.63) is 18.5 Å². The summed E-state index contributed by atoms with van der Waals surface area (Å²) in [6, 6.07) is 3.36. The van der Waals surface area contributed by atoms with E-state index in [1.54, 1.807) is 10.8 Å². The largest absolute Gasteiger partial charge is 0.355 e. The van der Waals surface area contributed by atoms with Gasteiger partial charge in [-0.15, -0.1) is 15.3 Å². The van der Waals surface area contributed by atoms with Crippen molar-refractivity contribution >= 4 is 17.4 Å². The summed E-state index contributed by atoms with van der Waals surface area (Å²) in [5, 5.41) is 15.1. The number of amides is 1. The Kier molecular flexibility index (Phi) is 4.46. The van der Waals surface area contributed by atoms with Crippen LogP contribution < -0.4 is 10.2 Å². The summed E-state index contributed by atoms with van der Waals surface area (Å²) in [5.74, 6) is -2.04. The van der Waals surface area contributed by atoms with E-state index in [1.165, 1.54) is 0 Å². The fraction of sp³-hybridized carbons (Fsp3) is 0.647. The molecule has 140 valence electrons. The second-order valence-corrected chi connectivity index (χ2v) is 7.24. The number of nitrogens with one attached hydrogen (secondary N) is 1. The number of alkyl halides is 2. The van der Waals surface area contributed by atoms with Crippen LogP contribution in [0.1, 0.15) is 38.5 Å². The molecule has 1 saturated heterocycles. The molecular formula is C17H22F2N6O. The Labute approximate surface area is 149 Å². The SMILES string of the molecule is O=C(N[C@H]1CCCC(F)(F)C1)C1CCN(c2ccc3nncn3n2)CC1. The van der Waals surface area contributed by atoms with E-state index in [0.29, 0.717) is 44.4 Å². The highest BCUT2D eigenvalue weighted by Gasteiger charge is 2.37. The Morgan fingerprint density at radius 1 is 1.23 bits per heavy atom. The molecular weight excluding hydrogens is 342 g/mol. The molecule has 4 rings (SSSR count). The number of piperidine rings is 1. The first kappa shape index (κ1) is 17.1. The summed E-state index contributed by atoms with van der Waals surface area (Å²) < 4.78 is 28.6. The number of carbonyl (C=O) groups is 1. The molecule has 1 amide bonds. The van der Waals surface area contributed by atoms with Crippen LogP contribution in [-0.2, 0) is 4.79 Å². The van der Waals surface area contributed by atoms with Crippen LogP contribution in [0, 0.1) is 5.92 Å². The summed E-state index contributed by atoms with van der Waals surface area (Å²) in [6.07, 6.45) is 3.74. The zero-order valence-electron chi connectivity index (χ0n) is 14.4. The average Bonchev–Trinajstić information content (AvgIpc) is 3.08. The topological polar surface area (TPSA) is 75.4 Å². The summed E-state index contributed by atoms with van der Waals surface area (Å²) in [4.78, 5) is 14.6. The molecule has 9 heteroatoms. The highest BCUT2D eigenvalue weighted by Crippen LogP contribution is 2.33. The normalized spacial score (nSPS) is 23.9. The Balaban J connectivity index is 1.32. The maximum atomic E-state index is 13.5. The maximum Gasteiger partial charge on any atom is 0.250 e. The van der Waals surface area contributed by atoms with E-state index in [9.17, 15) is 13.6 Å². The van der Waals surface area contributed by atoms with Crippen LogP contribution in [0.25, 0.3) is 5.65 Å². The number of anilines is 1. The van der Waals surface area contributed by atoms with E-state index in [1.807, 2.05) is 12.1 Å². The summed E-state index contributed by atoms with van der Waals surface area (Å²) in [5.41, 5.74) is 0.687. The van der Waals surface area contributed by atoms with Gasteiger partial charge in [-0.2, -0.15) is 4.52 Å². The Bertz CT molecular complexity index is 786. The average molecular weight is 364 g/mol. The lowest BCUT2D eigenvalue weighted by Gasteiger charge is -2.34. The molecule has 1 N–H and O–H groups in total. The molecule has 1 saturated carbocycles. The van der Waals surface area contributed by atoms with Gasteiger partial charge in [0.05, 0.1) is 0 Å². The monoisotopic (exact) mass is 364 g/mol. The predicted octanol–water partition coefficient (Wildman–Crippen LogP) is 2.03. The summed E-state index contributed by atoms with van der Waals surface area (Å²) in [6.45, 7) is 1.42. The standard InChI is InChI=1S/C17H22F2N6O/c18-17(19)7-1-2-13(10-17)21-16(26)12-5-8-24(9-6-12)15-4-3-14-22-20-11-25(14)23-15/h3-4,11-13H,1-2,5-10H2,(H,21,26)/t13-/m0/s1. The maximum absolute atomic E-state index is 13.5. The Hall–Kier alpha value is -2.32. The second kappa shape index (κ2) is 6.77. The molecule has 0 aromatic carbocycles. The number of halogens is 2. The van der Waals surface area contributed by atoms with Crippen LogP contribution in [-0.4, -0.2) is 50.8 Å². The first-order valence-electron chi connectivity index (χ1n) is 9.10. The fourth-order valence-electron chi connectivity index (χ4n) is 3.87. The van der Waals surface area contributed by atoms with Gasteiger partial charge in [0, 0.05) is 37.9 Å². The lowest BCUT2D eigenvalue weighted by molar-refractivity contribution is -0.127. The molecule has 2 fully saturated rings. The third-order valence-electron chi connectivity index (χ3n) is 5.32. The first-order valence-corrected chi connectivity index (χ1v) is 9.10. The zero-order valence-corrected chi connectivity index (χ0v) is 14.4. The highest BCUT2D eigenvalue weighted by atomic mass is 19.3. The van der Waals surface area contributed by atoms with Crippen molar-refractivity contribution in [3.63, 3.8) is 0 Å². The van der Waals surface area contributed by atoms with Gasteiger partial charge in [0.2, 0.25) is 11.8 Å². The quantitative estimate of drug-likeness (QED) is 0.902. The van der Waals surface area contributed by atoms with Crippen molar-refractivity contribution < 1.29 is 13.6 Å². The van der Waals surface area contributed by atoms with E-state index in [4.69, 9.17) is 0 Å². The molecule has 1 aliphatic carbocycles. The number of nitrogens with zero attached hydrogens (tertiary/aromatic N) is 5. The highest BCUT2D eigenvalue weighted by molar-refractivity contribution is 5.79. The molecule has 0 radical (unpaired) electrons. The van der Waals surface area contributed by atoms with Gasteiger partial charge in [0.25, 0.3) is 0 Å². The number of fused-ring (bicyclic) bond motifs is 1. The van der Waals surface area contributed by atoms with Crippen molar-refractivity contribution in [2.45, 2.75) is 50.5 Å². The van der Waals surface area contributed by atoms with Gasteiger partial charge in [-0.1, -0.05) is 0 Å². The van der Waals surface area contributed by atoms with Gasteiger partial charge in [-0.05, 0) is 37.8 Å². The third-order valence-corrected chi connectivity index (χ3v) is 5.32. The molecule has 0 unspecified atom stereocenters. The molecule has 1 aliphatic heterocycles. The number of carbonyl (C=O) groups excluding carboxylic acids is 1. The number of rotatable bonds is 3. The Morgan fingerprint density at radius 3 is 2.81 bits per heavy atom. The van der Waals surface area contributed by atoms with Crippen molar-refractivity contribution in [1.82, 2.24) is 25.1 Å². The van der Waals surface area contributed by atoms with Crippen LogP contribution in [0.4, 0.5) is 14.6 Å². The second-order valence-electron chi connectivity index (χ2n) is 7.24. The van der Waals surface area contributed by atoms with Gasteiger partial charge in [0.15, 0.2) is 5.65 Å². The minimum atomic E-state index is -2.65. The molecule has 7 nitrogen and oxygen atoms in total. The van der Waals surface area contributed by atoms with Crippen LogP contribution in [0.2, 0.25) is 0 Å². The van der Waals surface area contributed by atoms with E-state index < -0.39 is 12.0 Å². The van der Waals surface area contributed by atoms with Crippen molar-refractivity contribution in [3.8, 4) is 0 Å². The third kappa shape index (κ3) is 3.61. The predicted molar refractivity (Wildman–Crippen MR) is 91.1 cm³/mol. The summed E-state index contributed by atoms with van der Waals surface area (Å²) in [7, 11) is 0. The Morgan fingerprint density at radius 2 is 2.04 bits per heavy atom. The van der Waals surface area contributed by atoms with Crippen LogP contribution in [0.15, 0.2) is 18.5 Å². The van der Waals surface area contributed by atoms with Gasteiger partial charge < -0.3 is 10.2 Å². The number of aromatic nitrogens is 4. The van der Waals surface area contributed by atoms with Crippen molar-refractivity contribution in [1.29, 1.82) is 0 Å². The van der Waals surface area contributed by atoms with E-state index >= 15 is 0 Å². The number of hydrogen-bond acceptors (Lipinski definition) is 5. The lowest BCUT2D eigenvalue weighted by Crippen LogP contribution is -2.47. The molecule has 26 heavy (non-hydrogen) atoms. The smallest absolute Gasteiger partial charge is 0.250 e. The van der Waals surface area contributed by atoms with Crippen LogP contribution in [0.3, 0.4) is 0 Å². The van der Waals surface area contributed by atoms with Gasteiger partial charge in [-0.3, -0.25) is 4.79 Å².